The van der Waals surface area contributed by atoms with Crippen LogP contribution in [0.15, 0.2) is 0 Å². The molecular formula is C9H17O7P. The molecule has 2 N–H and O–H groups in total. The Bertz CT molecular complexity index is 329. The van der Waals surface area contributed by atoms with Gasteiger partial charge in [-0.2, -0.15) is 0 Å². The summed E-state index contributed by atoms with van der Waals surface area (Å²) in [5.74, 6) is -3.89. The van der Waals surface area contributed by atoms with Crippen LogP contribution in [0.3, 0.4) is 0 Å². The first-order chi connectivity index (χ1) is 7.64. The van der Waals surface area contributed by atoms with Crippen molar-refractivity contribution >= 4 is 19.5 Å². The quantitative estimate of drug-likeness (QED) is 0.528. The molecule has 0 aromatic carbocycles. The molecule has 0 bridgehead atoms. The van der Waals surface area contributed by atoms with Crippen molar-refractivity contribution in [1.29, 1.82) is 0 Å². The van der Waals surface area contributed by atoms with Crippen LogP contribution in [0.5, 0.6) is 0 Å². The summed E-state index contributed by atoms with van der Waals surface area (Å²) in [7, 11) is -1.11. The maximum atomic E-state index is 11.8. The van der Waals surface area contributed by atoms with E-state index in [0.29, 0.717) is 0 Å². The lowest BCUT2D eigenvalue weighted by Gasteiger charge is -2.28. The van der Waals surface area contributed by atoms with E-state index in [9.17, 15) is 14.2 Å². The summed E-state index contributed by atoms with van der Waals surface area (Å²) in [6.07, 6.45) is -0.283. The molecule has 17 heavy (non-hydrogen) atoms. The first-order valence-corrected chi connectivity index (χ1v) is 6.54. The van der Waals surface area contributed by atoms with Gasteiger partial charge < -0.3 is 19.3 Å². The predicted octanol–water partition coefficient (Wildman–Crippen LogP) is 1.28. The average Bonchev–Trinajstić information content (AvgIpc) is 2.26. The maximum Gasteiger partial charge on any atom is 0.330 e. The number of hydrogen-bond donors (Lipinski definition) is 2. The zero-order chi connectivity index (χ0) is 13.9. The molecule has 0 saturated heterocycles. The van der Waals surface area contributed by atoms with Crippen LogP contribution in [-0.4, -0.2) is 42.5 Å². The summed E-state index contributed by atoms with van der Waals surface area (Å²) in [4.78, 5) is 22.0. The van der Waals surface area contributed by atoms with Crippen LogP contribution in [0.1, 0.15) is 13.8 Å². The molecule has 0 fully saturated rings. The topological polar surface area (TPSA) is 110 Å². The SMILES string of the molecule is COP(=O)(CC(C)C(C)(C(=O)O)C(=O)O)OC. The molecule has 0 amide bonds. The summed E-state index contributed by atoms with van der Waals surface area (Å²) >= 11 is 0. The number of hydrogen-bond acceptors (Lipinski definition) is 5. The van der Waals surface area contributed by atoms with Crippen LogP contribution in [0.4, 0.5) is 0 Å². The third-order valence-corrected chi connectivity index (χ3v) is 5.04. The minimum absolute atomic E-state index is 0.283. The van der Waals surface area contributed by atoms with Gasteiger partial charge in [0.1, 0.15) is 0 Å². The van der Waals surface area contributed by atoms with E-state index < -0.39 is 30.9 Å². The van der Waals surface area contributed by atoms with E-state index in [4.69, 9.17) is 10.2 Å². The minimum Gasteiger partial charge on any atom is -0.480 e. The molecule has 0 heterocycles. The lowest BCUT2D eigenvalue weighted by Crippen LogP contribution is -2.43. The molecule has 0 aliphatic heterocycles. The first-order valence-electron chi connectivity index (χ1n) is 4.81. The fraction of sp³-hybridized carbons (Fsp3) is 0.778. The van der Waals surface area contributed by atoms with Gasteiger partial charge in [-0.1, -0.05) is 6.92 Å². The second kappa shape index (κ2) is 5.62. The second-order valence-corrected chi connectivity index (χ2v) is 6.19. The molecule has 100 valence electrons. The van der Waals surface area contributed by atoms with Gasteiger partial charge in [-0.15, -0.1) is 0 Å². The number of carboxylic acid groups (broad SMARTS) is 2. The predicted molar refractivity (Wildman–Crippen MR) is 59.0 cm³/mol. The highest BCUT2D eigenvalue weighted by molar-refractivity contribution is 7.53. The van der Waals surface area contributed by atoms with Gasteiger partial charge in [-0.3, -0.25) is 14.2 Å². The Morgan fingerprint density at radius 3 is 1.82 bits per heavy atom. The number of rotatable bonds is 7. The normalized spacial score (nSPS) is 14.4. The monoisotopic (exact) mass is 268 g/mol. The van der Waals surface area contributed by atoms with Crippen molar-refractivity contribution in [3.63, 3.8) is 0 Å². The Morgan fingerprint density at radius 1 is 1.24 bits per heavy atom. The van der Waals surface area contributed by atoms with E-state index in [2.05, 4.69) is 9.05 Å². The highest BCUT2D eigenvalue weighted by atomic mass is 31.2. The van der Waals surface area contributed by atoms with Gasteiger partial charge in [-0.05, 0) is 12.8 Å². The van der Waals surface area contributed by atoms with Crippen molar-refractivity contribution in [3.8, 4) is 0 Å². The van der Waals surface area contributed by atoms with Crippen LogP contribution in [0.2, 0.25) is 0 Å². The van der Waals surface area contributed by atoms with E-state index in [1.54, 1.807) is 0 Å². The molecule has 0 aromatic rings. The Balaban J connectivity index is 5.14. The van der Waals surface area contributed by atoms with Crippen LogP contribution in [0, 0.1) is 11.3 Å². The molecule has 0 rings (SSSR count). The van der Waals surface area contributed by atoms with E-state index >= 15 is 0 Å². The molecule has 7 nitrogen and oxygen atoms in total. The number of carboxylic acids is 2. The molecule has 0 aromatic heterocycles. The van der Waals surface area contributed by atoms with Crippen LogP contribution in [-0.2, 0) is 23.2 Å². The van der Waals surface area contributed by atoms with Gasteiger partial charge in [0, 0.05) is 14.2 Å². The molecule has 1 unspecified atom stereocenters. The minimum atomic E-state index is -3.44. The van der Waals surface area contributed by atoms with Gasteiger partial charge in [-0.25, -0.2) is 0 Å². The Morgan fingerprint density at radius 2 is 1.59 bits per heavy atom. The Labute approximate surface area is 99.3 Å². The summed E-state index contributed by atoms with van der Waals surface area (Å²) in [5.41, 5.74) is -2.03. The highest BCUT2D eigenvalue weighted by Gasteiger charge is 2.49. The Kier molecular flexibility index (Phi) is 5.32. The first kappa shape index (κ1) is 16.1. The molecule has 0 aliphatic carbocycles. The van der Waals surface area contributed by atoms with Crippen molar-refractivity contribution in [2.75, 3.05) is 20.4 Å². The van der Waals surface area contributed by atoms with Crippen molar-refractivity contribution in [1.82, 2.24) is 0 Å². The Hall–Kier alpha value is -0.910. The summed E-state index contributed by atoms with van der Waals surface area (Å²) < 4.78 is 21.1. The van der Waals surface area contributed by atoms with Crippen LogP contribution < -0.4 is 0 Å². The van der Waals surface area contributed by atoms with Gasteiger partial charge in [0.05, 0.1) is 6.16 Å². The zero-order valence-electron chi connectivity index (χ0n) is 10.2. The fourth-order valence-electron chi connectivity index (χ4n) is 1.25. The molecule has 0 spiro atoms. The van der Waals surface area contributed by atoms with Crippen molar-refractivity contribution in [3.05, 3.63) is 0 Å². The lowest BCUT2D eigenvalue weighted by molar-refractivity contribution is -0.166. The van der Waals surface area contributed by atoms with Crippen molar-refractivity contribution in [2.24, 2.45) is 11.3 Å². The molecule has 1 atom stereocenters. The maximum absolute atomic E-state index is 11.8. The number of aliphatic carboxylic acids is 2. The zero-order valence-corrected chi connectivity index (χ0v) is 11.1. The molecular weight excluding hydrogens is 251 g/mol. The van der Waals surface area contributed by atoms with Crippen molar-refractivity contribution in [2.45, 2.75) is 13.8 Å². The van der Waals surface area contributed by atoms with E-state index in [1.807, 2.05) is 0 Å². The van der Waals surface area contributed by atoms with Gasteiger partial charge in [0.15, 0.2) is 5.41 Å². The third-order valence-electron chi connectivity index (χ3n) is 2.93. The average molecular weight is 268 g/mol. The molecule has 0 aliphatic rings. The molecule has 8 heteroatoms. The van der Waals surface area contributed by atoms with Gasteiger partial charge in [0.2, 0.25) is 0 Å². The van der Waals surface area contributed by atoms with Gasteiger partial charge in [0.25, 0.3) is 0 Å². The third kappa shape index (κ3) is 3.28. The summed E-state index contributed by atoms with van der Waals surface area (Å²) in [5, 5.41) is 17.9. The van der Waals surface area contributed by atoms with Crippen LogP contribution >= 0.6 is 7.60 Å². The molecule has 0 radical (unpaired) electrons. The van der Waals surface area contributed by atoms with Crippen molar-refractivity contribution < 1.29 is 33.4 Å². The largest absolute Gasteiger partial charge is 0.480 e. The summed E-state index contributed by atoms with van der Waals surface area (Å²) in [6, 6.07) is 0. The number of carbonyl (C=O) groups is 2. The lowest BCUT2D eigenvalue weighted by atomic mass is 9.79. The van der Waals surface area contributed by atoms with E-state index in [1.165, 1.54) is 6.92 Å². The summed E-state index contributed by atoms with van der Waals surface area (Å²) in [6.45, 7) is 2.45. The second-order valence-electron chi connectivity index (χ2n) is 3.87. The van der Waals surface area contributed by atoms with Gasteiger partial charge >= 0.3 is 19.5 Å². The highest BCUT2D eigenvalue weighted by Crippen LogP contribution is 2.50. The van der Waals surface area contributed by atoms with E-state index in [0.717, 1.165) is 21.1 Å². The van der Waals surface area contributed by atoms with E-state index in [-0.39, 0.29) is 6.16 Å². The fourth-order valence-corrected chi connectivity index (χ4v) is 2.74. The standard InChI is InChI=1S/C9H17O7P/c1-6(5-17(14,15-3)16-4)9(2,7(10)11)8(12)13/h6H,5H2,1-4H3,(H,10,11)(H,12,13). The smallest absolute Gasteiger partial charge is 0.330 e. The van der Waals surface area contributed by atoms with Crippen LogP contribution in [0.25, 0.3) is 0 Å². The molecule has 0 saturated carbocycles.